The molecule has 0 heterocycles. The summed E-state index contributed by atoms with van der Waals surface area (Å²) < 4.78 is 1.09. The first-order valence-electron chi connectivity index (χ1n) is 5.37. The monoisotopic (exact) mass is 368 g/mol. The van der Waals surface area contributed by atoms with Gasteiger partial charge >= 0.3 is 0 Å². The molecular weight excluding hydrogens is 359 g/mol. The minimum atomic E-state index is 0.680. The van der Waals surface area contributed by atoms with Crippen LogP contribution in [0.4, 0.5) is 5.69 Å². The van der Waals surface area contributed by atoms with Crippen LogP contribution in [0.15, 0.2) is 42.5 Å². The number of nitrogens with one attached hydrogen (secondary N) is 1. The molecule has 18 heavy (non-hydrogen) atoms. The lowest BCUT2D eigenvalue weighted by Gasteiger charge is -2.09. The highest BCUT2D eigenvalue weighted by Crippen LogP contribution is 2.22. The van der Waals surface area contributed by atoms with Gasteiger partial charge in [0.15, 0.2) is 0 Å². The van der Waals surface area contributed by atoms with Crippen molar-refractivity contribution >= 4 is 39.9 Å². The predicted octanol–water partition coefficient (Wildman–Crippen LogP) is 4.43. The van der Waals surface area contributed by atoms with Gasteiger partial charge in [0, 0.05) is 20.8 Å². The fourth-order valence-corrected chi connectivity index (χ4v) is 2.59. The second kappa shape index (κ2) is 6.07. The van der Waals surface area contributed by atoms with Gasteiger partial charge in [-0.05, 0) is 58.5 Å². The first kappa shape index (κ1) is 13.2. The van der Waals surface area contributed by atoms with Gasteiger partial charge in [0.25, 0.3) is 0 Å². The summed E-state index contributed by atoms with van der Waals surface area (Å²) in [7, 11) is 0. The zero-order valence-electron chi connectivity index (χ0n) is 9.45. The molecule has 0 amide bonds. The molecule has 0 bridgehead atoms. The number of nitrogens with zero attached hydrogens (tertiary/aromatic N) is 1. The number of benzene rings is 2. The molecule has 2 rings (SSSR count). The van der Waals surface area contributed by atoms with Crippen LogP contribution in [0.1, 0.15) is 11.1 Å². The van der Waals surface area contributed by atoms with Gasteiger partial charge in [-0.1, -0.05) is 23.7 Å². The van der Waals surface area contributed by atoms with Crippen molar-refractivity contribution in [1.82, 2.24) is 0 Å². The van der Waals surface area contributed by atoms with E-state index in [-0.39, 0.29) is 0 Å². The second-order valence-electron chi connectivity index (χ2n) is 3.79. The molecule has 0 fully saturated rings. The molecule has 2 aromatic rings. The van der Waals surface area contributed by atoms with Gasteiger partial charge in [-0.2, -0.15) is 5.26 Å². The van der Waals surface area contributed by atoms with Gasteiger partial charge in [0.1, 0.15) is 0 Å². The molecule has 0 aliphatic carbocycles. The minimum absolute atomic E-state index is 0.680. The molecule has 0 spiro atoms. The number of anilines is 1. The summed E-state index contributed by atoms with van der Waals surface area (Å²) in [6, 6.07) is 15.4. The van der Waals surface area contributed by atoms with Crippen LogP contribution in [0.3, 0.4) is 0 Å². The predicted molar refractivity (Wildman–Crippen MR) is 82.7 cm³/mol. The van der Waals surface area contributed by atoms with E-state index in [2.05, 4.69) is 34.0 Å². The van der Waals surface area contributed by atoms with Crippen molar-refractivity contribution in [2.24, 2.45) is 0 Å². The zero-order valence-corrected chi connectivity index (χ0v) is 12.4. The molecule has 2 nitrogen and oxygen atoms in total. The van der Waals surface area contributed by atoms with Gasteiger partial charge in [-0.15, -0.1) is 0 Å². The van der Waals surface area contributed by atoms with Gasteiger partial charge in [0.2, 0.25) is 0 Å². The van der Waals surface area contributed by atoms with Crippen LogP contribution in [0, 0.1) is 14.9 Å². The normalized spacial score (nSPS) is 9.83. The van der Waals surface area contributed by atoms with E-state index in [1.54, 1.807) is 0 Å². The number of hydrogen-bond donors (Lipinski definition) is 1. The number of halogens is 2. The molecule has 0 unspecified atom stereocenters. The van der Waals surface area contributed by atoms with E-state index in [1.807, 2.05) is 42.5 Å². The maximum atomic E-state index is 8.72. The first-order valence-corrected chi connectivity index (χ1v) is 6.82. The molecule has 1 N–H and O–H groups in total. The summed E-state index contributed by atoms with van der Waals surface area (Å²) in [6.45, 7) is 0.726. The quantitative estimate of drug-likeness (QED) is 0.814. The Balaban J connectivity index is 2.04. The van der Waals surface area contributed by atoms with Crippen LogP contribution in [0.2, 0.25) is 5.02 Å². The Morgan fingerprint density at radius 1 is 1.17 bits per heavy atom. The Hall–Kier alpha value is -1.25. The van der Waals surface area contributed by atoms with Gasteiger partial charge < -0.3 is 5.32 Å². The third kappa shape index (κ3) is 3.37. The zero-order chi connectivity index (χ0) is 13.0. The highest BCUT2D eigenvalue weighted by molar-refractivity contribution is 14.1. The van der Waals surface area contributed by atoms with E-state index in [9.17, 15) is 0 Å². The molecule has 0 radical (unpaired) electrons. The van der Waals surface area contributed by atoms with Gasteiger partial charge in [0.05, 0.1) is 11.6 Å². The fraction of sp³-hybridized carbons (Fsp3) is 0.0714. The number of rotatable bonds is 3. The molecule has 0 aliphatic heterocycles. The Morgan fingerprint density at radius 3 is 2.50 bits per heavy atom. The van der Waals surface area contributed by atoms with E-state index in [1.165, 1.54) is 0 Å². The average molecular weight is 369 g/mol. The van der Waals surface area contributed by atoms with Gasteiger partial charge in [-0.25, -0.2) is 0 Å². The third-order valence-corrected chi connectivity index (χ3v) is 3.62. The lowest BCUT2D eigenvalue weighted by Crippen LogP contribution is -2.00. The minimum Gasteiger partial charge on any atom is -0.380 e. The van der Waals surface area contributed by atoms with Crippen molar-refractivity contribution in [3.8, 4) is 6.07 Å². The van der Waals surface area contributed by atoms with Crippen molar-refractivity contribution in [1.29, 1.82) is 5.26 Å². The largest absolute Gasteiger partial charge is 0.380 e. The summed E-state index contributed by atoms with van der Waals surface area (Å²) >= 11 is 8.15. The first-order chi connectivity index (χ1) is 8.69. The average Bonchev–Trinajstić information content (AvgIpc) is 2.38. The Morgan fingerprint density at radius 2 is 1.89 bits per heavy atom. The standard InChI is InChI=1S/C14H10ClIN2/c15-12-5-6-14(13(16)7-12)18-9-11-3-1-10(8-17)2-4-11/h1-7,18H,9H2. The van der Waals surface area contributed by atoms with Crippen LogP contribution >= 0.6 is 34.2 Å². The molecule has 0 aliphatic rings. The Labute approximate surface area is 125 Å². The van der Waals surface area contributed by atoms with Crippen LogP contribution in [0.25, 0.3) is 0 Å². The summed E-state index contributed by atoms with van der Waals surface area (Å²) in [4.78, 5) is 0. The van der Waals surface area contributed by atoms with Crippen molar-refractivity contribution in [3.05, 3.63) is 62.2 Å². The van der Waals surface area contributed by atoms with E-state index in [4.69, 9.17) is 16.9 Å². The summed E-state index contributed by atoms with van der Waals surface area (Å²) in [6.07, 6.45) is 0. The summed E-state index contributed by atoms with van der Waals surface area (Å²) in [5.74, 6) is 0. The van der Waals surface area contributed by atoms with Gasteiger partial charge in [-0.3, -0.25) is 0 Å². The van der Waals surface area contributed by atoms with E-state index < -0.39 is 0 Å². The molecule has 0 saturated carbocycles. The number of nitriles is 1. The molecule has 90 valence electrons. The van der Waals surface area contributed by atoms with Crippen LogP contribution < -0.4 is 5.32 Å². The lowest BCUT2D eigenvalue weighted by atomic mass is 10.1. The van der Waals surface area contributed by atoms with Crippen LogP contribution in [-0.2, 0) is 6.54 Å². The molecule has 0 aromatic heterocycles. The number of hydrogen-bond acceptors (Lipinski definition) is 2. The maximum absolute atomic E-state index is 8.72. The molecule has 0 atom stereocenters. The van der Waals surface area contributed by atoms with E-state index in [0.717, 1.165) is 26.4 Å². The van der Waals surface area contributed by atoms with E-state index in [0.29, 0.717) is 5.56 Å². The smallest absolute Gasteiger partial charge is 0.0991 e. The topological polar surface area (TPSA) is 35.8 Å². The van der Waals surface area contributed by atoms with Crippen molar-refractivity contribution in [3.63, 3.8) is 0 Å². The molecular formula is C14H10ClIN2. The second-order valence-corrected chi connectivity index (χ2v) is 5.39. The van der Waals surface area contributed by atoms with Crippen LogP contribution in [-0.4, -0.2) is 0 Å². The fourth-order valence-electron chi connectivity index (χ4n) is 1.53. The van der Waals surface area contributed by atoms with Crippen LogP contribution in [0.5, 0.6) is 0 Å². The third-order valence-electron chi connectivity index (χ3n) is 2.50. The summed E-state index contributed by atoms with van der Waals surface area (Å²) in [5, 5.41) is 12.8. The summed E-state index contributed by atoms with van der Waals surface area (Å²) in [5.41, 5.74) is 2.88. The van der Waals surface area contributed by atoms with Crippen molar-refractivity contribution < 1.29 is 0 Å². The lowest BCUT2D eigenvalue weighted by molar-refractivity contribution is 1.14. The van der Waals surface area contributed by atoms with Crippen molar-refractivity contribution in [2.75, 3.05) is 5.32 Å². The van der Waals surface area contributed by atoms with E-state index >= 15 is 0 Å². The Bertz CT molecular complexity index is 588. The van der Waals surface area contributed by atoms with Crippen molar-refractivity contribution in [2.45, 2.75) is 6.54 Å². The highest BCUT2D eigenvalue weighted by atomic mass is 127. The highest BCUT2D eigenvalue weighted by Gasteiger charge is 2.00. The molecule has 2 aromatic carbocycles. The SMILES string of the molecule is N#Cc1ccc(CNc2ccc(Cl)cc2I)cc1. The molecule has 0 saturated heterocycles. The maximum Gasteiger partial charge on any atom is 0.0991 e. The Kier molecular flexibility index (Phi) is 4.45. The molecule has 4 heteroatoms.